The van der Waals surface area contributed by atoms with Gasteiger partial charge in [0.2, 0.25) is 0 Å². The van der Waals surface area contributed by atoms with Crippen molar-refractivity contribution in [2.45, 2.75) is 6.92 Å². The lowest BCUT2D eigenvalue weighted by Crippen LogP contribution is -2.19. The zero-order valence-corrected chi connectivity index (χ0v) is 13.8. The molecule has 3 aromatic rings. The topological polar surface area (TPSA) is 54.0 Å². The van der Waals surface area contributed by atoms with Gasteiger partial charge in [-0.15, -0.1) is 0 Å². The molecule has 0 atom stereocenters. The molecule has 112 valence electrons. The summed E-state index contributed by atoms with van der Waals surface area (Å²) in [5.74, 6) is 0. The van der Waals surface area contributed by atoms with Gasteiger partial charge in [-0.2, -0.15) is 0 Å². The number of amides is 2. The Morgan fingerprint density at radius 1 is 1.09 bits per heavy atom. The van der Waals surface area contributed by atoms with E-state index in [1.807, 2.05) is 19.1 Å². The van der Waals surface area contributed by atoms with Gasteiger partial charge < -0.3 is 5.32 Å². The first kappa shape index (κ1) is 15.1. The summed E-state index contributed by atoms with van der Waals surface area (Å²) in [5.41, 5.74) is 2.36. The summed E-state index contributed by atoms with van der Waals surface area (Å²) in [6.07, 6.45) is 0. The number of benzene rings is 2. The van der Waals surface area contributed by atoms with Gasteiger partial charge >= 0.3 is 6.03 Å². The minimum atomic E-state index is -0.356. The number of aryl methyl sites for hydroxylation is 1. The Hall–Kier alpha value is -1.82. The van der Waals surface area contributed by atoms with Crippen molar-refractivity contribution < 1.29 is 4.79 Å². The molecule has 2 amide bonds. The first-order chi connectivity index (χ1) is 10.5. The van der Waals surface area contributed by atoms with Gasteiger partial charge in [0.25, 0.3) is 0 Å². The number of urea groups is 1. The summed E-state index contributed by atoms with van der Waals surface area (Å²) in [5, 5.41) is 7.24. The van der Waals surface area contributed by atoms with Crippen LogP contribution in [0.4, 0.5) is 15.6 Å². The second-order valence-corrected chi connectivity index (χ2v) is 6.50. The fraction of sp³-hybridized carbons (Fsp3) is 0.0667. The summed E-state index contributed by atoms with van der Waals surface area (Å²) < 4.78 is 0.976. The average molecular weight is 352 g/mol. The number of thiazole rings is 1. The van der Waals surface area contributed by atoms with Crippen molar-refractivity contribution in [2.75, 3.05) is 10.6 Å². The molecule has 4 nitrogen and oxygen atoms in total. The van der Waals surface area contributed by atoms with E-state index in [-0.39, 0.29) is 6.03 Å². The Morgan fingerprint density at radius 2 is 1.82 bits per heavy atom. The summed E-state index contributed by atoms with van der Waals surface area (Å²) in [7, 11) is 0. The number of anilines is 2. The van der Waals surface area contributed by atoms with Crippen molar-refractivity contribution in [3.05, 3.63) is 52.0 Å². The summed E-state index contributed by atoms with van der Waals surface area (Å²) in [4.78, 5) is 16.4. The van der Waals surface area contributed by atoms with Crippen LogP contribution >= 0.6 is 34.5 Å². The SMILES string of the molecule is Cc1c(Cl)ccc2sc(NC(=O)Nc3ccc(Cl)cc3)nc12. The highest BCUT2D eigenvalue weighted by Crippen LogP contribution is 2.31. The molecule has 0 aliphatic heterocycles. The highest BCUT2D eigenvalue weighted by Gasteiger charge is 2.11. The third-order valence-electron chi connectivity index (χ3n) is 3.07. The number of hydrogen-bond acceptors (Lipinski definition) is 3. The zero-order valence-electron chi connectivity index (χ0n) is 11.5. The Bertz CT molecular complexity index is 846. The number of aromatic nitrogens is 1. The molecule has 0 unspecified atom stereocenters. The molecule has 7 heteroatoms. The molecular formula is C15H11Cl2N3OS. The van der Waals surface area contributed by atoms with Crippen LogP contribution < -0.4 is 10.6 Å². The second-order valence-electron chi connectivity index (χ2n) is 4.62. The van der Waals surface area contributed by atoms with E-state index >= 15 is 0 Å². The minimum absolute atomic E-state index is 0.356. The molecule has 1 aromatic heterocycles. The van der Waals surface area contributed by atoms with E-state index in [0.29, 0.717) is 20.9 Å². The van der Waals surface area contributed by atoms with E-state index in [4.69, 9.17) is 23.2 Å². The lowest BCUT2D eigenvalue weighted by Gasteiger charge is -2.04. The first-order valence-corrected chi connectivity index (χ1v) is 7.99. The Balaban J connectivity index is 1.76. The van der Waals surface area contributed by atoms with Gasteiger partial charge in [-0.25, -0.2) is 9.78 Å². The van der Waals surface area contributed by atoms with E-state index in [9.17, 15) is 4.79 Å². The van der Waals surface area contributed by atoms with E-state index in [1.165, 1.54) is 11.3 Å². The van der Waals surface area contributed by atoms with Crippen molar-refractivity contribution in [1.82, 2.24) is 4.98 Å². The average Bonchev–Trinajstić information content (AvgIpc) is 2.89. The molecule has 0 aliphatic rings. The van der Waals surface area contributed by atoms with Crippen molar-refractivity contribution in [3.63, 3.8) is 0 Å². The fourth-order valence-electron chi connectivity index (χ4n) is 1.95. The lowest BCUT2D eigenvalue weighted by molar-refractivity contribution is 0.262. The van der Waals surface area contributed by atoms with Crippen LogP contribution in [-0.4, -0.2) is 11.0 Å². The van der Waals surface area contributed by atoms with Crippen LogP contribution in [0.1, 0.15) is 5.56 Å². The lowest BCUT2D eigenvalue weighted by atomic mass is 10.2. The van der Waals surface area contributed by atoms with Gasteiger partial charge in [0, 0.05) is 15.7 Å². The molecule has 0 radical (unpaired) electrons. The van der Waals surface area contributed by atoms with Gasteiger partial charge in [-0.1, -0.05) is 34.5 Å². The highest BCUT2D eigenvalue weighted by molar-refractivity contribution is 7.22. The van der Waals surface area contributed by atoms with Crippen molar-refractivity contribution >= 4 is 61.6 Å². The van der Waals surface area contributed by atoms with E-state index in [0.717, 1.165) is 15.8 Å². The molecule has 2 aromatic carbocycles. The predicted molar refractivity (Wildman–Crippen MR) is 93.5 cm³/mol. The number of nitrogens with one attached hydrogen (secondary N) is 2. The van der Waals surface area contributed by atoms with Crippen LogP contribution in [0, 0.1) is 6.92 Å². The second kappa shape index (κ2) is 6.12. The zero-order chi connectivity index (χ0) is 15.7. The highest BCUT2D eigenvalue weighted by atomic mass is 35.5. The number of fused-ring (bicyclic) bond motifs is 1. The summed E-state index contributed by atoms with van der Waals surface area (Å²) in [6.45, 7) is 1.90. The van der Waals surface area contributed by atoms with Crippen molar-refractivity contribution in [3.8, 4) is 0 Å². The largest absolute Gasteiger partial charge is 0.325 e. The normalized spacial score (nSPS) is 10.7. The standard InChI is InChI=1S/C15H11Cl2N3OS/c1-8-11(17)6-7-12-13(8)19-15(22-12)20-14(21)18-10-4-2-9(16)3-5-10/h2-7H,1H3,(H2,18,19,20,21). The van der Waals surface area contributed by atoms with Crippen LogP contribution in [0.3, 0.4) is 0 Å². The first-order valence-electron chi connectivity index (χ1n) is 6.42. The Morgan fingerprint density at radius 3 is 2.55 bits per heavy atom. The predicted octanol–water partition coefficient (Wildman–Crippen LogP) is 5.56. The van der Waals surface area contributed by atoms with Crippen LogP contribution in [0.5, 0.6) is 0 Å². The summed E-state index contributed by atoms with van der Waals surface area (Å²) in [6, 6.07) is 10.2. The number of rotatable bonds is 2. The van der Waals surface area contributed by atoms with Crippen LogP contribution in [0.25, 0.3) is 10.2 Å². The molecule has 0 saturated carbocycles. The Labute approximate surface area is 141 Å². The molecular weight excluding hydrogens is 341 g/mol. The maximum absolute atomic E-state index is 12.0. The number of carbonyl (C=O) groups is 1. The maximum atomic E-state index is 12.0. The fourth-order valence-corrected chi connectivity index (χ4v) is 3.15. The number of halogens is 2. The maximum Gasteiger partial charge on any atom is 0.325 e. The van der Waals surface area contributed by atoms with Gasteiger partial charge in [-0.3, -0.25) is 5.32 Å². The number of nitrogens with zero attached hydrogens (tertiary/aromatic N) is 1. The number of hydrogen-bond donors (Lipinski definition) is 2. The van der Waals surface area contributed by atoms with Gasteiger partial charge in [0.15, 0.2) is 5.13 Å². The molecule has 1 heterocycles. The van der Waals surface area contributed by atoms with Crippen LogP contribution in [-0.2, 0) is 0 Å². The van der Waals surface area contributed by atoms with Crippen LogP contribution in [0.15, 0.2) is 36.4 Å². The van der Waals surface area contributed by atoms with E-state index in [1.54, 1.807) is 24.3 Å². The molecule has 0 saturated heterocycles. The van der Waals surface area contributed by atoms with Crippen molar-refractivity contribution in [1.29, 1.82) is 0 Å². The van der Waals surface area contributed by atoms with E-state index in [2.05, 4.69) is 15.6 Å². The van der Waals surface area contributed by atoms with Crippen molar-refractivity contribution in [2.24, 2.45) is 0 Å². The van der Waals surface area contributed by atoms with Gasteiger partial charge in [0.05, 0.1) is 10.2 Å². The molecule has 22 heavy (non-hydrogen) atoms. The molecule has 3 rings (SSSR count). The van der Waals surface area contributed by atoms with Gasteiger partial charge in [-0.05, 0) is 48.9 Å². The molecule has 2 N–H and O–H groups in total. The van der Waals surface area contributed by atoms with E-state index < -0.39 is 0 Å². The third-order valence-corrected chi connectivity index (χ3v) is 4.67. The molecule has 0 spiro atoms. The molecule has 0 aliphatic carbocycles. The monoisotopic (exact) mass is 351 g/mol. The smallest absolute Gasteiger partial charge is 0.308 e. The molecule has 0 fully saturated rings. The quantitative estimate of drug-likeness (QED) is 0.635. The third kappa shape index (κ3) is 3.16. The Kier molecular flexibility index (Phi) is 4.20. The summed E-state index contributed by atoms with van der Waals surface area (Å²) >= 11 is 13.3. The minimum Gasteiger partial charge on any atom is -0.308 e. The van der Waals surface area contributed by atoms with Gasteiger partial charge in [0.1, 0.15) is 0 Å². The number of carbonyl (C=O) groups excluding carboxylic acids is 1. The van der Waals surface area contributed by atoms with Crippen LogP contribution in [0.2, 0.25) is 10.0 Å². The molecule has 0 bridgehead atoms.